The first-order valence-corrected chi connectivity index (χ1v) is 12.5. The molecule has 35 heavy (non-hydrogen) atoms. The summed E-state index contributed by atoms with van der Waals surface area (Å²) in [6, 6.07) is 20.3. The van der Waals surface area contributed by atoms with Crippen LogP contribution in [0.3, 0.4) is 0 Å². The average Bonchev–Trinajstić information content (AvgIpc) is 3.55. The summed E-state index contributed by atoms with van der Waals surface area (Å²) >= 11 is 1.51. The highest BCUT2D eigenvalue weighted by Crippen LogP contribution is 2.28. The maximum absolute atomic E-state index is 13.6. The SMILES string of the molecule is Cc1nc2ncnn2c(C)c1CCC(=O)N(CCc1ccccc1)c1nc(-c2ccccc2)cs1. The van der Waals surface area contributed by atoms with Crippen molar-refractivity contribution in [2.24, 2.45) is 0 Å². The Bertz CT molecular complexity index is 1440. The van der Waals surface area contributed by atoms with Crippen LogP contribution in [0.4, 0.5) is 5.13 Å². The lowest BCUT2D eigenvalue weighted by Gasteiger charge is -2.20. The summed E-state index contributed by atoms with van der Waals surface area (Å²) in [5.74, 6) is 0.628. The molecule has 0 bridgehead atoms. The average molecular weight is 483 g/mol. The third-order valence-electron chi connectivity index (χ3n) is 6.14. The van der Waals surface area contributed by atoms with Crippen molar-refractivity contribution in [3.05, 3.63) is 94.9 Å². The van der Waals surface area contributed by atoms with E-state index in [-0.39, 0.29) is 5.91 Å². The number of nitrogens with zero attached hydrogens (tertiary/aromatic N) is 6. The van der Waals surface area contributed by atoms with E-state index in [1.54, 1.807) is 4.52 Å². The molecule has 3 heterocycles. The first-order chi connectivity index (χ1) is 17.1. The number of aromatic nitrogens is 5. The Hall–Kier alpha value is -3.91. The number of anilines is 1. The van der Waals surface area contributed by atoms with Crippen LogP contribution in [-0.2, 0) is 17.6 Å². The summed E-state index contributed by atoms with van der Waals surface area (Å²) in [5, 5.41) is 7.01. The number of amides is 1. The zero-order chi connectivity index (χ0) is 24.2. The summed E-state index contributed by atoms with van der Waals surface area (Å²) in [6.45, 7) is 4.53. The fourth-order valence-electron chi connectivity index (χ4n) is 4.23. The summed E-state index contributed by atoms with van der Waals surface area (Å²) < 4.78 is 1.73. The van der Waals surface area contributed by atoms with Gasteiger partial charge in [-0.15, -0.1) is 11.3 Å². The lowest BCUT2D eigenvalue weighted by Crippen LogP contribution is -2.33. The van der Waals surface area contributed by atoms with E-state index in [2.05, 4.69) is 27.2 Å². The van der Waals surface area contributed by atoms with Gasteiger partial charge in [0.15, 0.2) is 5.13 Å². The Morgan fingerprint density at radius 2 is 1.71 bits per heavy atom. The molecule has 5 aromatic rings. The van der Waals surface area contributed by atoms with Crippen molar-refractivity contribution in [1.29, 1.82) is 0 Å². The van der Waals surface area contributed by atoms with Crippen LogP contribution in [0.15, 0.2) is 72.4 Å². The van der Waals surface area contributed by atoms with Gasteiger partial charge in [0.05, 0.1) is 5.69 Å². The van der Waals surface area contributed by atoms with Gasteiger partial charge in [-0.2, -0.15) is 10.1 Å². The van der Waals surface area contributed by atoms with Crippen molar-refractivity contribution in [3.63, 3.8) is 0 Å². The van der Waals surface area contributed by atoms with Gasteiger partial charge in [-0.1, -0.05) is 60.7 Å². The molecular formula is C27H26N6OS. The van der Waals surface area contributed by atoms with Crippen LogP contribution in [0, 0.1) is 13.8 Å². The number of thiazole rings is 1. The first kappa shape index (κ1) is 22.9. The number of hydrogen-bond acceptors (Lipinski definition) is 6. The van der Waals surface area contributed by atoms with Gasteiger partial charge in [-0.25, -0.2) is 14.5 Å². The summed E-state index contributed by atoms with van der Waals surface area (Å²) in [6.07, 6.45) is 3.20. The number of carbonyl (C=O) groups excluding carboxylic acids is 1. The van der Waals surface area contributed by atoms with Gasteiger partial charge in [0.2, 0.25) is 5.91 Å². The van der Waals surface area contributed by atoms with Gasteiger partial charge in [-0.3, -0.25) is 9.69 Å². The van der Waals surface area contributed by atoms with Crippen molar-refractivity contribution < 1.29 is 4.79 Å². The van der Waals surface area contributed by atoms with E-state index in [1.165, 1.54) is 23.2 Å². The number of carbonyl (C=O) groups is 1. The molecule has 5 rings (SSSR count). The molecule has 0 unspecified atom stereocenters. The molecule has 3 aromatic heterocycles. The molecule has 0 radical (unpaired) electrons. The molecule has 0 atom stereocenters. The molecule has 0 aliphatic carbocycles. The van der Waals surface area contributed by atoms with Crippen molar-refractivity contribution in [3.8, 4) is 11.3 Å². The predicted octanol–water partition coefficient (Wildman–Crippen LogP) is 5.07. The largest absolute Gasteiger partial charge is 0.288 e. The van der Waals surface area contributed by atoms with Crippen LogP contribution >= 0.6 is 11.3 Å². The molecule has 1 amide bonds. The minimum atomic E-state index is 0.0485. The van der Waals surface area contributed by atoms with Gasteiger partial charge in [0.1, 0.15) is 6.33 Å². The Kier molecular flexibility index (Phi) is 6.63. The van der Waals surface area contributed by atoms with Crippen LogP contribution in [0.25, 0.3) is 17.0 Å². The first-order valence-electron chi connectivity index (χ1n) is 11.6. The lowest BCUT2D eigenvalue weighted by molar-refractivity contribution is -0.118. The van der Waals surface area contributed by atoms with E-state index in [0.717, 1.165) is 39.8 Å². The second-order valence-electron chi connectivity index (χ2n) is 8.40. The molecule has 2 aromatic carbocycles. The zero-order valence-electron chi connectivity index (χ0n) is 19.8. The highest BCUT2D eigenvalue weighted by atomic mass is 32.1. The molecule has 0 saturated heterocycles. The lowest BCUT2D eigenvalue weighted by atomic mass is 10.1. The number of fused-ring (bicyclic) bond motifs is 1. The smallest absolute Gasteiger partial charge is 0.252 e. The van der Waals surface area contributed by atoms with Crippen molar-refractivity contribution in [1.82, 2.24) is 24.6 Å². The second kappa shape index (κ2) is 10.1. The molecule has 0 spiro atoms. The monoisotopic (exact) mass is 482 g/mol. The van der Waals surface area contributed by atoms with Crippen LogP contribution < -0.4 is 4.90 Å². The summed E-state index contributed by atoms with van der Waals surface area (Å²) in [4.78, 5) is 28.9. The predicted molar refractivity (Wildman–Crippen MR) is 139 cm³/mol. The van der Waals surface area contributed by atoms with E-state index in [4.69, 9.17) is 4.98 Å². The number of hydrogen-bond donors (Lipinski definition) is 0. The van der Waals surface area contributed by atoms with Gasteiger partial charge >= 0.3 is 0 Å². The molecule has 0 saturated carbocycles. The highest BCUT2D eigenvalue weighted by molar-refractivity contribution is 7.14. The standard InChI is InChI=1S/C27H26N6OS/c1-19-23(20(2)33-26(30-19)28-18-29-33)13-14-25(34)32(16-15-21-9-5-3-6-10-21)27-31-24(17-35-27)22-11-7-4-8-12-22/h3-12,17-18H,13-16H2,1-2H3. The quantitative estimate of drug-likeness (QED) is 0.309. The molecule has 8 heteroatoms. The molecule has 0 aliphatic heterocycles. The highest BCUT2D eigenvalue weighted by Gasteiger charge is 2.21. The van der Waals surface area contributed by atoms with E-state index < -0.39 is 0 Å². The molecule has 176 valence electrons. The van der Waals surface area contributed by atoms with Crippen LogP contribution in [0.5, 0.6) is 0 Å². The van der Waals surface area contributed by atoms with Gasteiger partial charge in [-0.05, 0) is 37.8 Å². The van der Waals surface area contributed by atoms with E-state index in [0.29, 0.717) is 25.2 Å². The second-order valence-corrected chi connectivity index (χ2v) is 9.23. The minimum absolute atomic E-state index is 0.0485. The maximum Gasteiger partial charge on any atom is 0.252 e. The van der Waals surface area contributed by atoms with E-state index >= 15 is 0 Å². The number of aryl methyl sites for hydroxylation is 2. The number of rotatable bonds is 8. The third-order valence-corrected chi connectivity index (χ3v) is 7.00. The van der Waals surface area contributed by atoms with Crippen LogP contribution in [0.1, 0.15) is 28.9 Å². The molecule has 7 nitrogen and oxygen atoms in total. The van der Waals surface area contributed by atoms with E-state index in [9.17, 15) is 4.79 Å². The Morgan fingerprint density at radius 1 is 0.971 bits per heavy atom. The van der Waals surface area contributed by atoms with Gasteiger partial charge in [0, 0.05) is 35.3 Å². The Labute approximate surface area is 208 Å². The number of benzene rings is 2. The maximum atomic E-state index is 13.6. The van der Waals surface area contributed by atoms with Crippen molar-refractivity contribution in [2.45, 2.75) is 33.1 Å². The van der Waals surface area contributed by atoms with Gasteiger partial charge < -0.3 is 0 Å². The summed E-state index contributed by atoms with van der Waals surface area (Å²) in [5.41, 5.74) is 6.00. The van der Waals surface area contributed by atoms with Crippen LogP contribution in [0.2, 0.25) is 0 Å². The molecule has 0 N–H and O–H groups in total. The Morgan fingerprint density at radius 3 is 2.49 bits per heavy atom. The molecule has 0 fully saturated rings. The normalized spacial score (nSPS) is 11.1. The third kappa shape index (κ3) is 4.97. The minimum Gasteiger partial charge on any atom is -0.288 e. The van der Waals surface area contributed by atoms with Crippen molar-refractivity contribution >= 4 is 28.2 Å². The fraction of sp³-hybridized carbons (Fsp3) is 0.222. The Balaban J connectivity index is 1.38. The topological polar surface area (TPSA) is 76.3 Å². The van der Waals surface area contributed by atoms with Crippen LogP contribution in [-0.4, -0.2) is 37.0 Å². The zero-order valence-corrected chi connectivity index (χ0v) is 20.6. The fourth-order valence-corrected chi connectivity index (χ4v) is 5.10. The summed E-state index contributed by atoms with van der Waals surface area (Å²) in [7, 11) is 0. The van der Waals surface area contributed by atoms with Crippen molar-refractivity contribution in [2.75, 3.05) is 11.4 Å². The molecule has 0 aliphatic rings. The van der Waals surface area contributed by atoms with Gasteiger partial charge in [0.25, 0.3) is 5.78 Å². The van der Waals surface area contributed by atoms with E-state index in [1.807, 2.05) is 72.7 Å². The molecular weight excluding hydrogens is 456 g/mol.